The Bertz CT molecular complexity index is 536. The topological polar surface area (TPSA) is 47.3 Å². The summed E-state index contributed by atoms with van der Waals surface area (Å²) < 4.78 is 7.73. The monoisotopic (exact) mass is 260 g/mol. The average Bonchev–Trinajstić information content (AvgIpc) is 2.67. The van der Waals surface area contributed by atoms with E-state index in [-0.39, 0.29) is 0 Å². The van der Waals surface area contributed by atoms with Crippen LogP contribution in [0.4, 0.5) is 0 Å². The molecule has 0 fully saturated rings. The number of hydrogen-bond donors (Lipinski definition) is 1. The van der Waals surface area contributed by atoms with Crippen LogP contribution in [0.1, 0.15) is 39.0 Å². The third-order valence-corrected chi connectivity index (χ3v) is 3.05. The van der Waals surface area contributed by atoms with Crippen molar-refractivity contribution in [3.05, 3.63) is 47.5 Å². The highest BCUT2D eigenvalue weighted by molar-refractivity contribution is 5.28. The van der Waals surface area contributed by atoms with Crippen molar-refractivity contribution in [2.75, 3.05) is 0 Å². The minimum absolute atomic E-state index is 0.533. The minimum Gasteiger partial charge on any atom is -0.430 e. The van der Waals surface area contributed by atoms with Crippen LogP contribution in [0.3, 0.4) is 0 Å². The van der Waals surface area contributed by atoms with Gasteiger partial charge in [0.1, 0.15) is 5.76 Å². The maximum Gasteiger partial charge on any atom is 0.301 e. The molecular formula is C15H20N2O2. The maximum absolute atomic E-state index is 9.68. The molecule has 4 nitrogen and oxygen atoms in total. The first-order valence-electron chi connectivity index (χ1n) is 6.57. The van der Waals surface area contributed by atoms with Crippen LogP contribution in [0.2, 0.25) is 0 Å². The van der Waals surface area contributed by atoms with E-state index in [1.165, 1.54) is 5.57 Å². The molecule has 0 spiro atoms. The average molecular weight is 260 g/mol. The van der Waals surface area contributed by atoms with Gasteiger partial charge in [-0.05, 0) is 26.8 Å². The van der Waals surface area contributed by atoms with Gasteiger partial charge in [-0.3, -0.25) is 4.57 Å². The molecule has 1 N–H and O–H groups in total. The van der Waals surface area contributed by atoms with E-state index in [0.717, 1.165) is 17.9 Å². The SMILES string of the molecule is CCn1c(C(C)O)cnc1OC1=CC=C(C)C=CC1. The first kappa shape index (κ1) is 13.6. The van der Waals surface area contributed by atoms with E-state index < -0.39 is 6.10 Å². The fourth-order valence-corrected chi connectivity index (χ4v) is 2.01. The number of imidazole rings is 1. The van der Waals surface area contributed by atoms with Gasteiger partial charge in [0.25, 0.3) is 0 Å². The van der Waals surface area contributed by atoms with Crippen LogP contribution in [0.25, 0.3) is 0 Å². The van der Waals surface area contributed by atoms with Crippen molar-refractivity contribution in [1.82, 2.24) is 9.55 Å². The third kappa shape index (κ3) is 3.15. The highest BCUT2D eigenvalue weighted by Gasteiger charge is 2.14. The van der Waals surface area contributed by atoms with E-state index in [9.17, 15) is 5.11 Å². The lowest BCUT2D eigenvalue weighted by Crippen LogP contribution is -2.07. The summed E-state index contributed by atoms with van der Waals surface area (Å²) >= 11 is 0. The number of aliphatic hydroxyl groups is 1. The zero-order valence-corrected chi connectivity index (χ0v) is 11.6. The van der Waals surface area contributed by atoms with Crippen LogP contribution in [0, 0.1) is 0 Å². The van der Waals surface area contributed by atoms with Crippen LogP contribution >= 0.6 is 0 Å². The molecule has 4 heteroatoms. The molecule has 2 rings (SSSR count). The number of allylic oxidation sites excluding steroid dienone is 5. The second-order valence-corrected chi connectivity index (χ2v) is 4.64. The lowest BCUT2D eigenvalue weighted by atomic mass is 10.3. The summed E-state index contributed by atoms with van der Waals surface area (Å²) in [4.78, 5) is 4.25. The summed E-state index contributed by atoms with van der Waals surface area (Å²) in [5, 5.41) is 9.68. The van der Waals surface area contributed by atoms with Gasteiger partial charge >= 0.3 is 6.01 Å². The molecule has 1 unspecified atom stereocenters. The Balaban J connectivity index is 2.22. The normalized spacial score (nSPS) is 16.6. The molecule has 0 aliphatic heterocycles. The van der Waals surface area contributed by atoms with Crippen LogP contribution in [0.5, 0.6) is 6.01 Å². The Morgan fingerprint density at radius 1 is 1.47 bits per heavy atom. The lowest BCUT2D eigenvalue weighted by Gasteiger charge is -2.12. The fourth-order valence-electron chi connectivity index (χ4n) is 2.01. The van der Waals surface area contributed by atoms with E-state index in [2.05, 4.69) is 24.1 Å². The zero-order chi connectivity index (χ0) is 13.8. The fraction of sp³-hybridized carbons (Fsp3) is 0.400. The number of ether oxygens (including phenoxy) is 1. The van der Waals surface area contributed by atoms with Gasteiger partial charge in [-0.15, -0.1) is 0 Å². The van der Waals surface area contributed by atoms with Crippen molar-refractivity contribution in [2.45, 2.75) is 39.8 Å². The molecule has 0 aromatic carbocycles. The van der Waals surface area contributed by atoms with Gasteiger partial charge in [-0.1, -0.05) is 23.8 Å². The molecule has 102 valence electrons. The highest BCUT2D eigenvalue weighted by Crippen LogP contribution is 2.22. The van der Waals surface area contributed by atoms with E-state index in [1.807, 2.05) is 23.6 Å². The summed E-state index contributed by atoms with van der Waals surface area (Å²) in [6.07, 6.45) is 9.99. The number of aliphatic hydroxyl groups excluding tert-OH is 1. The molecule has 0 bridgehead atoms. The van der Waals surface area contributed by atoms with Crippen LogP contribution in [0.15, 0.2) is 41.8 Å². The molecule has 0 saturated heterocycles. The van der Waals surface area contributed by atoms with Crippen LogP contribution in [-0.2, 0) is 6.54 Å². The molecule has 1 aromatic heterocycles. The van der Waals surface area contributed by atoms with Crippen molar-refractivity contribution in [3.8, 4) is 6.01 Å². The van der Waals surface area contributed by atoms with Gasteiger partial charge in [0.15, 0.2) is 0 Å². The Kier molecular flexibility index (Phi) is 4.22. The predicted molar refractivity (Wildman–Crippen MR) is 74.8 cm³/mol. The standard InChI is InChI=1S/C15H20N2O2/c1-4-17-14(12(3)18)10-16-15(17)19-13-7-5-6-11(2)8-9-13/h5-6,8-10,12,18H,4,7H2,1-3H3. The van der Waals surface area contributed by atoms with Gasteiger partial charge in [0, 0.05) is 13.0 Å². The first-order chi connectivity index (χ1) is 9.11. The van der Waals surface area contributed by atoms with Gasteiger partial charge in [0.2, 0.25) is 0 Å². The molecule has 1 heterocycles. The summed E-state index contributed by atoms with van der Waals surface area (Å²) in [5.41, 5.74) is 1.97. The second kappa shape index (κ2) is 5.89. The van der Waals surface area contributed by atoms with Crippen LogP contribution in [-0.4, -0.2) is 14.7 Å². The summed E-state index contributed by atoms with van der Waals surface area (Å²) in [5.74, 6) is 0.852. The molecule has 0 amide bonds. The molecule has 19 heavy (non-hydrogen) atoms. The zero-order valence-electron chi connectivity index (χ0n) is 11.6. The summed E-state index contributed by atoms with van der Waals surface area (Å²) in [6.45, 7) is 6.50. The van der Waals surface area contributed by atoms with Gasteiger partial charge in [-0.25, -0.2) is 4.98 Å². The van der Waals surface area contributed by atoms with E-state index in [4.69, 9.17) is 4.74 Å². The predicted octanol–water partition coefficient (Wildman–Crippen LogP) is 3.13. The molecule has 1 aromatic rings. The summed E-state index contributed by atoms with van der Waals surface area (Å²) in [7, 11) is 0. The Morgan fingerprint density at radius 3 is 2.95 bits per heavy atom. The lowest BCUT2D eigenvalue weighted by molar-refractivity contribution is 0.187. The van der Waals surface area contributed by atoms with E-state index in [0.29, 0.717) is 12.6 Å². The molecular weight excluding hydrogens is 240 g/mol. The van der Waals surface area contributed by atoms with Crippen molar-refractivity contribution >= 4 is 0 Å². The van der Waals surface area contributed by atoms with Gasteiger partial charge < -0.3 is 9.84 Å². The number of hydrogen-bond acceptors (Lipinski definition) is 3. The number of aromatic nitrogens is 2. The highest BCUT2D eigenvalue weighted by atomic mass is 16.5. The molecule has 1 aliphatic carbocycles. The van der Waals surface area contributed by atoms with Gasteiger partial charge in [0.05, 0.1) is 18.0 Å². The molecule has 1 aliphatic rings. The molecule has 0 radical (unpaired) electrons. The van der Waals surface area contributed by atoms with Crippen molar-refractivity contribution in [2.24, 2.45) is 0 Å². The number of rotatable bonds is 4. The van der Waals surface area contributed by atoms with Crippen molar-refractivity contribution < 1.29 is 9.84 Å². The summed E-state index contributed by atoms with van der Waals surface area (Å²) in [6, 6.07) is 0.533. The Hall–Kier alpha value is -1.81. The number of nitrogens with zero attached hydrogens (tertiary/aromatic N) is 2. The largest absolute Gasteiger partial charge is 0.430 e. The van der Waals surface area contributed by atoms with Gasteiger partial charge in [-0.2, -0.15) is 0 Å². The van der Waals surface area contributed by atoms with Crippen molar-refractivity contribution in [1.29, 1.82) is 0 Å². The Morgan fingerprint density at radius 2 is 2.26 bits per heavy atom. The minimum atomic E-state index is -0.546. The smallest absolute Gasteiger partial charge is 0.301 e. The molecule has 0 saturated carbocycles. The quantitative estimate of drug-likeness (QED) is 0.904. The first-order valence-corrected chi connectivity index (χ1v) is 6.57. The maximum atomic E-state index is 9.68. The van der Waals surface area contributed by atoms with Crippen molar-refractivity contribution in [3.63, 3.8) is 0 Å². The van der Waals surface area contributed by atoms with Crippen LogP contribution < -0.4 is 4.74 Å². The third-order valence-electron chi connectivity index (χ3n) is 3.05. The Labute approximate surface area is 113 Å². The second-order valence-electron chi connectivity index (χ2n) is 4.64. The van der Waals surface area contributed by atoms with E-state index >= 15 is 0 Å². The molecule has 1 atom stereocenters. The van der Waals surface area contributed by atoms with E-state index in [1.54, 1.807) is 13.1 Å².